The first-order valence-corrected chi connectivity index (χ1v) is 17.9. The lowest BCUT2D eigenvalue weighted by molar-refractivity contribution is -0.160. The van der Waals surface area contributed by atoms with Crippen molar-refractivity contribution in [1.29, 1.82) is 0 Å². The van der Waals surface area contributed by atoms with E-state index in [2.05, 4.69) is 11.4 Å². The number of hydrogen-bond acceptors (Lipinski definition) is 9. The van der Waals surface area contributed by atoms with Crippen LogP contribution in [-0.2, 0) is 32.7 Å². The second-order valence-corrected chi connectivity index (χ2v) is 12.7. The van der Waals surface area contributed by atoms with Gasteiger partial charge in [0.05, 0.1) is 19.8 Å². The van der Waals surface area contributed by atoms with Crippen molar-refractivity contribution in [3.63, 3.8) is 0 Å². The van der Waals surface area contributed by atoms with E-state index < -0.39 is 51.8 Å². The molecule has 0 saturated heterocycles. The van der Waals surface area contributed by atoms with Crippen molar-refractivity contribution < 1.29 is 47.8 Å². The minimum absolute atomic E-state index is 0.186. The first kappa shape index (κ1) is 41.0. The number of hydrogen-bond donors (Lipinski definition) is 3. The van der Waals surface area contributed by atoms with E-state index in [-0.39, 0.29) is 13.0 Å². The molecule has 0 bridgehead atoms. The fourth-order valence-corrected chi connectivity index (χ4v) is 5.33. The topological polar surface area (TPSA) is 149 Å². The monoisotopic (exact) mass is 624 g/mol. The average Bonchev–Trinajstić information content (AvgIpc) is 2.96. The Kier molecular flexibility index (Phi) is 28.0. The van der Waals surface area contributed by atoms with Gasteiger partial charge in [0.1, 0.15) is 12.7 Å². The molecule has 3 atom stereocenters. The molecule has 0 saturated carbocycles. The van der Waals surface area contributed by atoms with Crippen LogP contribution in [0.15, 0.2) is 0 Å². The van der Waals surface area contributed by atoms with Crippen LogP contribution in [0.2, 0.25) is 0 Å². The Hall–Kier alpha value is -1.03. The van der Waals surface area contributed by atoms with E-state index in [9.17, 15) is 24.2 Å². The number of carbonyl (C=O) groups excluding carboxylic acids is 2. The zero-order chi connectivity index (χ0) is 31.3. The van der Waals surface area contributed by atoms with Gasteiger partial charge < -0.3 is 24.6 Å². The summed E-state index contributed by atoms with van der Waals surface area (Å²) in [6.45, 7) is 1.32. The molecule has 0 fully saturated rings. The number of aliphatic hydroxyl groups excluding tert-OH is 2. The number of esters is 2. The summed E-state index contributed by atoms with van der Waals surface area (Å²) in [6.07, 6.45) is 23.3. The summed E-state index contributed by atoms with van der Waals surface area (Å²) in [7, 11) is -4.57. The van der Waals surface area contributed by atoms with E-state index in [0.717, 1.165) is 19.3 Å². The Morgan fingerprint density at radius 2 is 1.07 bits per heavy atom. The van der Waals surface area contributed by atoms with Gasteiger partial charge in [-0.3, -0.25) is 18.6 Å². The summed E-state index contributed by atoms with van der Waals surface area (Å²) in [5, 5.41) is 18.0. The van der Waals surface area contributed by atoms with E-state index in [4.69, 9.17) is 19.1 Å². The predicted molar refractivity (Wildman–Crippen MR) is 164 cm³/mol. The molecule has 250 valence electrons. The van der Waals surface area contributed by atoms with Crippen molar-refractivity contribution in [3.8, 4) is 0 Å². The largest absolute Gasteiger partial charge is 0.472 e. The fraction of sp³-hybridized carbons (Fsp3) is 0.935. The van der Waals surface area contributed by atoms with E-state index in [1.807, 2.05) is 0 Å². The molecule has 0 rings (SSSR count). The molecular weight excluding hydrogens is 563 g/mol. The van der Waals surface area contributed by atoms with Gasteiger partial charge in [-0.1, -0.05) is 129 Å². The summed E-state index contributed by atoms with van der Waals surface area (Å²) < 4.78 is 31.4. The molecular formula is C31H61O10P. The smallest absolute Gasteiger partial charge is 0.462 e. The maximum atomic E-state index is 12.2. The number of phosphoric ester groups is 1. The second-order valence-electron chi connectivity index (χ2n) is 11.3. The van der Waals surface area contributed by atoms with Crippen molar-refractivity contribution in [1.82, 2.24) is 0 Å². The van der Waals surface area contributed by atoms with Gasteiger partial charge >= 0.3 is 19.8 Å². The van der Waals surface area contributed by atoms with Crippen LogP contribution >= 0.6 is 7.82 Å². The van der Waals surface area contributed by atoms with E-state index in [0.29, 0.717) is 6.42 Å². The van der Waals surface area contributed by atoms with Crippen molar-refractivity contribution in [3.05, 3.63) is 0 Å². The molecule has 0 radical (unpaired) electrons. The Bertz CT molecular complexity index is 691. The molecule has 42 heavy (non-hydrogen) atoms. The molecule has 0 aliphatic carbocycles. The third-order valence-corrected chi connectivity index (χ3v) is 8.02. The SMILES string of the molecule is CCCCCCCCCCCCCCCCCCCCCCC(=O)OC(COC(C)=O)COP(=O)(O)OCC(O)CO. The number of aliphatic hydroxyl groups is 2. The van der Waals surface area contributed by atoms with Gasteiger partial charge in [-0.15, -0.1) is 0 Å². The lowest BCUT2D eigenvalue weighted by Crippen LogP contribution is -2.29. The zero-order valence-corrected chi connectivity index (χ0v) is 27.4. The number of ether oxygens (including phenoxy) is 2. The number of unbranched alkanes of at least 4 members (excludes halogenated alkanes) is 19. The standard InChI is InChI=1S/C31H61O10P/c1-3-4-5-6-7-8-9-10-11-12-13-14-15-16-17-18-19-20-21-22-23-31(35)41-30(26-38-28(2)33)27-40-42(36,37)39-25-29(34)24-32/h29-30,32,34H,3-27H2,1-2H3,(H,36,37). The Morgan fingerprint density at radius 3 is 1.48 bits per heavy atom. The molecule has 10 nitrogen and oxygen atoms in total. The molecule has 0 aromatic carbocycles. The van der Waals surface area contributed by atoms with E-state index in [1.165, 1.54) is 110 Å². The number of carbonyl (C=O) groups is 2. The first-order valence-electron chi connectivity index (χ1n) is 16.4. The molecule has 11 heteroatoms. The maximum absolute atomic E-state index is 12.2. The van der Waals surface area contributed by atoms with Crippen molar-refractivity contribution in [2.24, 2.45) is 0 Å². The van der Waals surface area contributed by atoms with Crippen LogP contribution in [0.4, 0.5) is 0 Å². The molecule has 0 heterocycles. The molecule has 0 amide bonds. The van der Waals surface area contributed by atoms with Crippen molar-refractivity contribution >= 4 is 19.8 Å². The van der Waals surface area contributed by atoms with E-state index >= 15 is 0 Å². The molecule has 0 aliphatic rings. The van der Waals surface area contributed by atoms with Crippen LogP contribution in [0.3, 0.4) is 0 Å². The number of phosphoric acid groups is 1. The second kappa shape index (κ2) is 28.7. The fourth-order valence-electron chi connectivity index (χ4n) is 4.54. The lowest BCUT2D eigenvalue weighted by atomic mass is 10.0. The first-order chi connectivity index (χ1) is 20.2. The van der Waals surface area contributed by atoms with Crippen LogP contribution in [0, 0.1) is 0 Å². The van der Waals surface area contributed by atoms with Crippen LogP contribution in [0.1, 0.15) is 149 Å². The molecule has 0 aliphatic heterocycles. The summed E-state index contributed by atoms with van der Waals surface area (Å²) in [5.41, 5.74) is 0. The third kappa shape index (κ3) is 29.1. The van der Waals surface area contributed by atoms with Gasteiger partial charge in [0, 0.05) is 13.3 Å². The molecule has 0 spiro atoms. The van der Waals surface area contributed by atoms with Gasteiger partial charge in [0.2, 0.25) is 0 Å². The Morgan fingerprint density at radius 1 is 0.667 bits per heavy atom. The average molecular weight is 625 g/mol. The Labute approximate surface area is 254 Å². The summed E-state index contributed by atoms with van der Waals surface area (Å²) in [5.74, 6) is -1.11. The van der Waals surface area contributed by atoms with Crippen LogP contribution in [-0.4, -0.2) is 65.7 Å². The summed E-state index contributed by atoms with van der Waals surface area (Å²) >= 11 is 0. The van der Waals surface area contributed by atoms with Gasteiger partial charge in [0.25, 0.3) is 0 Å². The molecule has 3 N–H and O–H groups in total. The van der Waals surface area contributed by atoms with Crippen molar-refractivity contribution in [2.75, 3.05) is 26.4 Å². The Balaban J connectivity index is 3.77. The van der Waals surface area contributed by atoms with Crippen molar-refractivity contribution in [2.45, 2.75) is 161 Å². The molecule has 0 aromatic rings. The highest BCUT2D eigenvalue weighted by Crippen LogP contribution is 2.43. The van der Waals surface area contributed by atoms with Gasteiger partial charge in [-0.2, -0.15) is 0 Å². The lowest BCUT2D eigenvalue weighted by Gasteiger charge is -2.20. The highest BCUT2D eigenvalue weighted by atomic mass is 31.2. The predicted octanol–water partition coefficient (Wildman–Crippen LogP) is 7.16. The van der Waals surface area contributed by atoms with Gasteiger partial charge in [0.15, 0.2) is 6.10 Å². The normalized spacial score (nSPS) is 14.3. The molecule has 0 aromatic heterocycles. The quantitative estimate of drug-likeness (QED) is 0.0412. The van der Waals surface area contributed by atoms with Crippen LogP contribution < -0.4 is 0 Å². The van der Waals surface area contributed by atoms with Crippen LogP contribution in [0.25, 0.3) is 0 Å². The minimum Gasteiger partial charge on any atom is -0.462 e. The zero-order valence-electron chi connectivity index (χ0n) is 26.5. The summed E-state index contributed by atoms with van der Waals surface area (Å²) in [4.78, 5) is 33.0. The third-order valence-electron chi connectivity index (χ3n) is 7.07. The molecule has 3 unspecified atom stereocenters. The maximum Gasteiger partial charge on any atom is 0.472 e. The van der Waals surface area contributed by atoms with Gasteiger partial charge in [-0.25, -0.2) is 4.57 Å². The highest BCUT2D eigenvalue weighted by Gasteiger charge is 2.26. The summed E-state index contributed by atoms with van der Waals surface area (Å²) in [6, 6.07) is 0. The highest BCUT2D eigenvalue weighted by molar-refractivity contribution is 7.47. The van der Waals surface area contributed by atoms with E-state index in [1.54, 1.807) is 0 Å². The number of rotatable bonds is 31. The van der Waals surface area contributed by atoms with Gasteiger partial charge in [-0.05, 0) is 6.42 Å². The minimum atomic E-state index is -4.57. The van der Waals surface area contributed by atoms with Crippen LogP contribution in [0.5, 0.6) is 0 Å².